The van der Waals surface area contributed by atoms with Crippen LogP contribution in [0.1, 0.15) is 12.5 Å². The van der Waals surface area contributed by atoms with Gasteiger partial charge in [0.1, 0.15) is 12.4 Å². The minimum atomic E-state index is 0.423. The van der Waals surface area contributed by atoms with Gasteiger partial charge in [0.2, 0.25) is 0 Å². The first-order chi connectivity index (χ1) is 14.0. The lowest BCUT2D eigenvalue weighted by atomic mass is 9.99. The summed E-state index contributed by atoms with van der Waals surface area (Å²) in [6, 6.07) is 7.69. The van der Waals surface area contributed by atoms with E-state index in [9.17, 15) is 0 Å². The average molecular weight is 392 g/mol. The van der Waals surface area contributed by atoms with E-state index in [1.54, 1.807) is 13.3 Å². The fourth-order valence-electron chi connectivity index (χ4n) is 3.55. The summed E-state index contributed by atoms with van der Waals surface area (Å²) in [5.41, 5.74) is 15.5. The van der Waals surface area contributed by atoms with E-state index in [0.717, 1.165) is 38.1 Å². The van der Waals surface area contributed by atoms with Crippen molar-refractivity contribution in [2.75, 3.05) is 38.4 Å². The number of nitrogens with zero attached hydrogens (tertiary/aromatic N) is 2. The Labute approximate surface area is 168 Å². The van der Waals surface area contributed by atoms with Crippen molar-refractivity contribution in [2.24, 2.45) is 0 Å². The van der Waals surface area contributed by atoms with Crippen molar-refractivity contribution < 1.29 is 14.2 Å². The maximum atomic E-state index is 6.27. The molecule has 0 spiro atoms. The molecule has 0 bridgehead atoms. The number of rotatable bonds is 6. The Hall–Kier alpha value is -3.32. The minimum absolute atomic E-state index is 0.423. The van der Waals surface area contributed by atoms with Crippen molar-refractivity contribution in [1.82, 2.24) is 9.97 Å². The van der Waals surface area contributed by atoms with Crippen molar-refractivity contribution in [1.29, 1.82) is 0 Å². The highest BCUT2D eigenvalue weighted by atomic mass is 16.5. The van der Waals surface area contributed by atoms with Gasteiger partial charge in [-0.3, -0.25) is 4.98 Å². The fourth-order valence-corrected chi connectivity index (χ4v) is 3.55. The number of fused-ring (bicyclic) bond motifs is 5. The largest absolute Gasteiger partial charge is 0.493 e. The highest BCUT2D eigenvalue weighted by Gasteiger charge is 2.16. The van der Waals surface area contributed by atoms with Crippen LogP contribution in [0.3, 0.4) is 0 Å². The SMILES string of the molecule is CCOCCOc1cc2ncc3c(N)nc4c(C)c(N)ccc4c3c2cc1OC. The molecular formula is C22H24N4O3. The zero-order valence-electron chi connectivity index (χ0n) is 16.8. The molecule has 0 aliphatic rings. The number of aromatic nitrogens is 2. The summed E-state index contributed by atoms with van der Waals surface area (Å²) in [7, 11) is 1.62. The minimum Gasteiger partial charge on any atom is -0.493 e. The lowest BCUT2D eigenvalue weighted by Crippen LogP contribution is -2.07. The Bertz CT molecular complexity index is 1220. The number of ether oxygens (including phenoxy) is 3. The summed E-state index contributed by atoms with van der Waals surface area (Å²) < 4.78 is 16.8. The number of pyridine rings is 2. The van der Waals surface area contributed by atoms with Crippen LogP contribution < -0.4 is 20.9 Å². The Morgan fingerprint density at radius 1 is 1.00 bits per heavy atom. The first-order valence-corrected chi connectivity index (χ1v) is 9.50. The molecule has 7 nitrogen and oxygen atoms in total. The van der Waals surface area contributed by atoms with Gasteiger partial charge in [0.05, 0.1) is 24.8 Å². The van der Waals surface area contributed by atoms with E-state index in [1.807, 2.05) is 38.1 Å². The highest BCUT2D eigenvalue weighted by Crippen LogP contribution is 2.39. The van der Waals surface area contributed by atoms with Crippen LogP contribution in [0.2, 0.25) is 0 Å². The van der Waals surface area contributed by atoms with Crippen LogP contribution in [-0.4, -0.2) is 36.9 Å². The van der Waals surface area contributed by atoms with Gasteiger partial charge in [0.15, 0.2) is 11.5 Å². The zero-order valence-corrected chi connectivity index (χ0v) is 16.8. The maximum absolute atomic E-state index is 6.27. The fraction of sp³-hybridized carbons (Fsp3) is 0.273. The van der Waals surface area contributed by atoms with Gasteiger partial charge < -0.3 is 25.7 Å². The molecule has 2 aromatic carbocycles. The van der Waals surface area contributed by atoms with E-state index in [-0.39, 0.29) is 0 Å². The van der Waals surface area contributed by atoms with Crippen LogP contribution in [0.15, 0.2) is 30.5 Å². The van der Waals surface area contributed by atoms with E-state index in [1.165, 1.54) is 0 Å². The first kappa shape index (κ1) is 19.0. The molecule has 0 fully saturated rings. The molecule has 4 N–H and O–H groups in total. The van der Waals surface area contributed by atoms with Gasteiger partial charge in [-0.05, 0) is 31.5 Å². The summed E-state index contributed by atoms with van der Waals surface area (Å²) in [5, 5.41) is 3.65. The smallest absolute Gasteiger partial charge is 0.163 e. The summed E-state index contributed by atoms with van der Waals surface area (Å²) in [5.74, 6) is 1.67. The second-order valence-electron chi connectivity index (χ2n) is 6.79. The molecule has 0 saturated carbocycles. The average Bonchev–Trinajstić information content (AvgIpc) is 2.73. The van der Waals surface area contributed by atoms with Crippen LogP contribution >= 0.6 is 0 Å². The van der Waals surface area contributed by atoms with Crippen molar-refractivity contribution >= 4 is 44.1 Å². The number of benzene rings is 2. The molecule has 0 aliphatic carbocycles. The van der Waals surface area contributed by atoms with Crippen LogP contribution in [0.5, 0.6) is 11.5 Å². The molecule has 0 radical (unpaired) electrons. The van der Waals surface area contributed by atoms with E-state index in [4.69, 9.17) is 25.7 Å². The Morgan fingerprint density at radius 2 is 1.83 bits per heavy atom. The summed E-state index contributed by atoms with van der Waals surface area (Å²) in [4.78, 5) is 9.16. The van der Waals surface area contributed by atoms with Crippen LogP contribution in [0, 0.1) is 6.92 Å². The molecule has 0 unspecified atom stereocenters. The van der Waals surface area contributed by atoms with E-state index in [2.05, 4.69) is 9.97 Å². The third-order valence-corrected chi connectivity index (χ3v) is 5.09. The van der Waals surface area contributed by atoms with Crippen molar-refractivity contribution in [3.63, 3.8) is 0 Å². The topological polar surface area (TPSA) is 106 Å². The zero-order chi connectivity index (χ0) is 20.5. The predicted octanol–water partition coefficient (Wildman–Crippen LogP) is 3.83. The van der Waals surface area contributed by atoms with Gasteiger partial charge in [-0.1, -0.05) is 6.07 Å². The molecule has 2 aromatic heterocycles. The van der Waals surface area contributed by atoms with Crippen molar-refractivity contribution in [2.45, 2.75) is 13.8 Å². The standard InChI is InChI=1S/C22H24N4O3/c1-4-28-7-8-29-19-10-17-14(9-18(19)27-3)20-13-5-6-16(23)12(2)21(13)26-22(24)15(20)11-25-17/h5-6,9-11H,4,7-8,23H2,1-3H3,(H2,24,26). The molecule has 0 amide bonds. The number of aryl methyl sites for hydroxylation is 1. The Morgan fingerprint density at radius 3 is 2.59 bits per heavy atom. The molecule has 4 aromatic rings. The number of anilines is 2. The number of hydrogen-bond donors (Lipinski definition) is 2. The monoisotopic (exact) mass is 392 g/mol. The summed E-state index contributed by atoms with van der Waals surface area (Å²) in [6.45, 7) is 5.49. The molecule has 0 aliphatic heterocycles. The van der Waals surface area contributed by atoms with Gasteiger partial charge in [0, 0.05) is 46.1 Å². The second-order valence-corrected chi connectivity index (χ2v) is 6.79. The highest BCUT2D eigenvalue weighted by molar-refractivity contribution is 6.21. The van der Waals surface area contributed by atoms with E-state index >= 15 is 0 Å². The Balaban J connectivity index is 1.98. The van der Waals surface area contributed by atoms with Crippen LogP contribution in [-0.2, 0) is 4.74 Å². The number of nitrogens with two attached hydrogens (primary N) is 2. The molecule has 0 saturated heterocycles. The number of nitrogen functional groups attached to an aromatic ring is 2. The second kappa shape index (κ2) is 7.60. The molecule has 4 rings (SSSR count). The number of hydrogen-bond acceptors (Lipinski definition) is 7. The third kappa shape index (κ3) is 3.23. The van der Waals surface area contributed by atoms with Crippen LogP contribution in [0.25, 0.3) is 32.6 Å². The normalized spacial score (nSPS) is 11.4. The molecular weight excluding hydrogens is 368 g/mol. The lowest BCUT2D eigenvalue weighted by Gasteiger charge is -2.15. The number of methoxy groups -OCH3 is 1. The molecule has 29 heavy (non-hydrogen) atoms. The Kier molecular flexibility index (Phi) is 4.98. The summed E-state index contributed by atoms with van der Waals surface area (Å²) in [6.07, 6.45) is 1.75. The quantitative estimate of drug-likeness (QED) is 0.292. The molecule has 2 heterocycles. The molecule has 150 valence electrons. The predicted molar refractivity (Wildman–Crippen MR) is 117 cm³/mol. The van der Waals surface area contributed by atoms with Gasteiger partial charge in [-0.15, -0.1) is 0 Å². The van der Waals surface area contributed by atoms with Crippen molar-refractivity contribution in [3.05, 3.63) is 36.0 Å². The van der Waals surface area contributed by atoms with Gasteiger partial charge >= 0.3 is 0 Å². The maximum Gasteiger partial charge on any atom is 0.163 e. The van der Waals surface area contributed by atoms with E-state index in [0.29, 0.717) is 42.8 Å². The first-order valence-electron chi connectivity index (χ1n) is 9.50. The van der Waals surface area contributed by atoms with Crippen LogP contribution in [0.4, 0.5) is 11.5 Å². The van der Waals surface area contributed by atoms with E-state index < -0.39 is 0 Å². The lowest BCUT2D eigenvalue weighted by molar-refractivity contribution is 0.109. The third-order valence-electron chi connectivity index (χ3n) is 5.09. The van der Waals surface area contributed by atoms with Gasteiger partial charge in [0.25, 0.3) is 0 Å². The van der Waals surface area contributed by atoms with Crippen molar-refractivity contribution in [3.8, 4) is 11.5 Å². The van der Waals surface area contributed by atoms with Gasteiger partial charge in [-0.25, -0.2) is 4.98 Å². The van der Waals surface area contributed by atoms with Gasteiger partial charge in [-0.2, -0.15) is 0 Å². The summed E-state index contributed by atoms with van der Waals surface area (Å²) >= 11 is 0. The molecule has 7 heteroatoms. The molecule has 0 atom stereocenters.